The number of aromatic nitrogens is 3. The van der Waals surface area contributed by atoms with Gasteiger partial charge >= 0.3 is 0 Å². The van der Waals surface area contributed by atoms with Crippen LogP contribution >= 0.6 is 11.3 Å². The van der Waals surface area contributed by atoms with Gasteiger partial charge in [-0.3, -0.25) is 0 Å². The fourth-order valence-electron chi connectivity index (χ4n) is 1.23. The molecule has 0 aliphatic heterocycles. The molecule has 0 atom stereocenters. The van der Waals surface area contributed by atoms with Crippen molar-refractivity contribution in [3.63, 3.8) is 0 Å². The smallest absolute Gasteiger partial charge is 0.224 e. The zero-order valence-corrected chi connectivity index (χ0v) is 9.31. The Morgan fingerprint density at radius 1 is 1.20 bits per heavy atom. The van der Waals surface area contributed by atoms with E-state index >= 15 is 0 Å². The molecule has 0 saturated heterocycles. The zero-order valence-electron chi connectivity index (χ0n) is 8.50. The third kappa shape index (κ3) is 2.73. The molecule has 0 saturated carbocycles. The van der Waals surface area contributed by atoms with Crippen molar-refractivity contribution in [1.82, 2.24) is 15.0 Å². The van der Waals surface area contributed by atoms with Gasteiger partial charge in [-0.15, -0.1) is 11.3 Å². The normalized spacial score (nSPS) is 10.2. The van der Waals surface area contributed by atoms with Crippen molar-refractivity contribution in [3.05, 3.63) is 35.0 Å². The number of hydrogen-bond donors (Lipinski definition) is 0. The van der Waals surface area contributed by atoms with Crippen molar-refractivity contribution in [2.75, 3.05) is 18.5 Å². The van der Waals surface area contributed by atoms with Crippen LogP contribution < -0.4 is 4.90 Å². The Morgan fingerprint density at radius 2 is 2.00 bits per heavy atom. The Morgan fingerprint density at radius 3 is 2.67 bits per heavy atom. The summed E-state index contributed by atoms with van der Waals surface area (Å²) in [6.45, 7) is 0.886. The van der Waals surface area contributed by atoms with Crippen LogP contribution in [0, 0.1) is 0 Å². The summed E-state index contributed by atoms with van der Waals surface area (Å²) >= 11 is 1.68. The maximum absolute atomic E-state index is 4.23. The van der Waals surface area contributed by atoms with Crippen LogP contribution in [0.2, 0.25) is 0 Å². The second-order valence-corrected chi connectivity index (χ2v) is 4.13. The third-order valence-electron chi connectivity index (χ3n) is 2.04. The molecule has 0 spiro atoms. The molecule has 0 aliphatic carbocycles. The van der Waals surface area contributed by atoms with Crippen LogP contribution in [0.15, 0.2) is 30.0 Å². The predicted molar refractivity (Wildman–Crippen MR) is 61.1 cm³/mol. The highest BCUT2D eigenvalue weighted by molar-refractivity contribution is 7.09. The number of rotatable bonds is 4. The molecule has 0 bridgehead atoms. The highest BCUT2D eigenvalue weighted by Crippen LogP contribution is 2.07. The van der Waals surface area contributed by atoms with Crippen molar-refractivity contribution in [3.8, 4) is 0 Å². The van der Waals surface area contributed by atoms with Crippen LogP contribution in [-0.2, 0) is 6.42 Å². The van der Waals surface area contributed by atoms with E-state index in [1.54, 1.807) is 23.7 Å². The molecule has 78 valence electrons. The summed E-state index contributed by atoms with van der Waals surface area (Å²) in [7, 11) is 1.99. The van der Waals surface area contributed by atoms with Crippen LogP contribution in [0.25, 0.3) is 0 Å². The highest BCUT2D eigenvalue weighted by atomic mass is 32.1. The fraction of sp³-hybridized carbons (Fsp3) is 0.300. The van der Waals surface area contributed by atoms with E-state index in [-0.39, 0.29) is 0 Å². The van der Waals surface area contributed by atoms with Crippen molar-refractivity contribution in [2.24, 2.45) is 0 Å². The Hall–Kier alpha value is -1.49. The molecule has 15 heavy (non-hydrogen) atoms. The minimum atomic E-state index is 0.758. The molecule has 2 aromatic rings. The van der Waals surface area contributed by atoms with Crippen molar-refractivity contribution in [1.29, 1.82) is 0 Å². The lowest BCUT2D eigenvalue weighted by molar-refractivity contribution is 0.833. The molecule has 0 aliphatic rings. The molecule has 2 aromatic heterocycles. The largest absolute Gasteiger partial charge is 0.343 e. The molecule has 0 amide bonds. The third-order valence-corrected chi connectivity index (χ3v) is 2.88. The maximum atomic E-state index is 4.23. The monoisotopic (exact) mass is 220 g/mol. The fourth-order valence-corrected chi connectivity index (χ4v) is 1.84. The van der Waals surface area contributed by atoms with Gasteiger partial charge in [-0.05, 0) is 6.07 Å². The minimum Gasteiger partial charge on any atom is -0.343 e. The predicted octanol–water partition coefficient (Wildman–Crippen LogP) is 1.61. The van der Waals surface area contributed by atoms with Gasteiger partial charge in [0.15, 0.2) is 0 Å². The molecule has 0 aromatic carbocycles. The molecule has 0 N–H and O–H groups in total. The number of likely N-dealkylation sites (N-methyl/N-ethyl adjacent to an activating group) is 1. The molecule has 2 heterocycles. The minimum absolute atomic E-state index is 0.758. The van der Waals surface area contributed by atoms with Gasteiger partial charge in [-0.1, -0.05) is 0 Å². The molecule has 4 nitrogen and oxygen atoms in total. The summed E-state index contributed by atoms with van der Waals surface area (Å²) < 4.78 is 0. The quantitative estimate of drug-likeness (QED) is 0.785. The molecular formula is C10H12N4S. The van der Waals surface area contributed by atoms with E-state index in [1.807, 2.05) is 29.6 Å². The summed E-state index contributed by atoms with van der Waals surface area (Å²) in [5.41, 5.74) is 0. The van der Waals surface area contributed by atoms with Gasteiger partial charge in [0, 0.05) is 44.0 Å². The number of nitrogens with zero attached hydrogens (tertiary/aromatic N) is 4. The molecule has 5 heteroatoms. The first-order valence-electron chi connectivity index (χ1n) is 4.73. The summed E-state index contributed by atoms with van der Waals surface area (Å²) in [6.07, 6.45) is 6.27. The standard InChI is InChI=1S/C10H12N4S/c1-14(10-12-4-2-5-13-10)7-3-9-11-6-8-15-9/h2,4-6,8H,3,7H2,1H3. The van der Waals surface area contributed by atoms with Gasteiger partial charge < -0.3 is 4.90 Å². The Balaban J connectivity index is 1.90. The summed E-state index contributed by atoms with van der Waals surface area (Å²) in [4.78, 5) is 14.6. The van der Waals surface area contributed by atoms with E-state index in [1.165, 1.54) is 0 Å². The lowest BCUT2D eigenvalue weighted by atomic mass is 10.4. The average Bonchev–Trinajstić information content (AvgIpc) is 2.80. The number of thiazole rings is 1. The van der Waals surface area contributed by atoms with E-state index < -0.39 is 0 Å². The Bertz CT molecular complexity index is 387. The molecule has 0 radical (unpaired) electrons. The Kier molecular flexibility index (Phi) is 3.24. The summed E-state index contributed by atoms with van der Waals surface area (Å²) in [5.74, 6) is 0.758. The van der Waals surface area contributed by atoms with Crippen LogP contribution in [0.1, 0.15) is 5.01 Å². The molecular weight excluding hydrogens is 208 g/mol. The van der Waals surface area contributed by atoms with Crippen molar-refractivity contribution in [2.45, 2.75) is 6.42 Å². The van der Waals surface area contributed by atoms with E-state index in [9.17, 15) is 0 Å². The van der Waals surface area contributed by atoms with Crippen LogP contribution in [-0.4, -0.2) is 28.5 Å². The molecule has 0 unspecified atom stereocenters. The van der Waals surface area contributed by atoms with Gasteiger partial charge in [0.25, 0.3) is 0 Å². The van der Waals surface area contributed by atoms with Crippen LogP contribution in [0.3, 0.4) is 0 Å². The van der Waals surface area contributed by atoms with Gasteiger partial charge in [0.1, 0.15) is 0 Å². The van der Waals surface area contributed by atoms with Gasteiger partial charge in [0.05, 0.1) is 5.01 Å². The topological polar surface area (TPSA) is 41.9 Å². The van der Waals surface area contributed by atoms with Gasteiger partial charge in [-0.25, -0.2) is 15.0 Å². The first kappa shape index (κ1) is 10.0. The van der Waals surface area contributed by atoms with Crippen LogP contribution in [0.5, 0.6) is 0 Å². The maximum Gasteiger partial charge on any atom is 0.224 e. The number of anilines is 1. The highest BCUT2D eigenvalue weighted by Gasteiger charge is 2.03. The van der Waals surface area contributed by atoms with Crippen molar-refractivity contribution < 1.29 is 0 Å². The summed E-state index contributed by atoms with van der Waals surface area (Å²) in [6, 6.07) is 1.82. The van der Waals surface area contributed by atoms with Gasteiger partial charge in [0.2, 0.25) is 5.95 Å². The summed E-state index contributed by atoms with van der Waals surface area (Å²) in [5, 5.41) is 3.15. The van der Waals surface area contributed by atoms with E-state index in [2.05, 4.69) is 15.0 Å². The first-order valence-corrected chi connectivity index (χ1v) is 5.61. The van der Waals surface area contributed by atoms with Crippen LogP contribution in [0.4, 0.5) is 5.95 Å². The molecule has 2 rings (SSSR count). The second-order valence-electron chi connectivity index (χ2n) is 3.15. The van der Waals surface area contributed by atoms with E-state index in [4.69, 9.17) is 0 Å². The SMILES string of the molecule is CN(CCc1nccs1)c1ncccn1. The number of hydrogen-bond acceptors (Lipinski definition) is 5. The van der Waals surface area contributed by atoms with Crippen molar-refractivity contribution >= 4 is 17.3 Å². The second kappa shape index (κ2) is 4.84. The lowest BCUT2D eigenvalue weighted by Crippen LogP contribution is -2.22. The lowest BCUT2D eigenvalue weighted by Gasteiger charge is -2.15. The average molecular weight is 220 g/mol. The van der Waals surface area contributed by atoms with E-state index in [0.29, 0.717) is 0 Å². The van der Waals surface area contributed by atoms with E-state index in [0.717, 1.165) is 23.9 Å². The Labute approximate surface area is 92.6 Å². The first-order chi connectivity index (χ1) is 7.36. The van der Waals surface area contributed by atoms with Gasteiger partial charge in [-0.2, -0.15) is 0 Å². The zero-order chi connectivity index (χ0) is 10.5. The molecule has 0 fully saturated rings.